The zero-order valence-electron chi connectivity index (χ0n) is 23.5. The molecule has 0 radical (unpaired) electrons. The number of fused-ring (bicyclic) bond motifs is 1. The van der Waals surface area contributed by atoms with Crippen LogP contribution in [0.2, 0.25) is 0 Å². The maximum absolute atomic E-state index is 13.7. The Morgan fingerprint density at radius 2 is 1.45 bits per heavy atom. The third kappa shape index (κ3) is 5.60. The third-order valence-corrected chi connectivity index (χ3v) is 7.23. The number of carbonyl (C=O) groups is 1. The molecule has 6 nitrogen and oxygen atoms in total. The van der Waals surface area contributed by atoms with Gasteiger partial charge in [0.2, 0.25) is 0 Å². The standard InChI is InChI=1S/C36H31N3O3/c1-25-20-21-39-32(22-25)38-34(35(39)37-24-26-12-6-3-7-13-26)29-18-19-30(31(23-29)41-2)42-36(40)33(27-14-8-4-9-15-27)28-16-10-5-11-17-28/h3-23,33,37H,24H2,1-2H3. The summed E-state index contributed by atoms with van der Waals surface area (Å²) in [6.45, 7) is 2.69. The van der Waals surface area contributed by atoms with Crippen molar-refractivity contribution in [1.82, 2.24) is 9.38 Å². The molecule has 0 saturated heterocycles. The van der Waals surface area contributed by atoms with Gasteiger partial charge >= 0.3 is 5.97 Å². The average molecular weight is 554 g/mol. The number of benzene rings is 4. The van der Waals surface area contributed by atoms with Gasteiger partial charge in [-0.15, -0.1) is 0 Å². The topological polar surface area (TPSA) is 64.9 Å². The molecule has 6 rings (SSSR count). The van der Waals surface area contributed by atoms with Crippen LogP contribution in [0.5, 0.6) is 11.5 Å². The quantitative estimate of drug-likeness (QED) is 0.147. The number of methoxy groups -OCH3 is 1. The predicted octanol–water partition coefficient (Wildman–Crippen LogP) is 7.67. The van der Waals surface area contributed by atoms with E-state index in [2.05, 4.69) is 40.9 Å². The van der Waals surface area contributed by atoms with Gasteiger partial charge in [0, 0.05) is 18.3 Å². The second kappa shape index (κ2) is 12.0. The Hall–Kier alpha value is -5.36. The van der Waals surface area contributed by atoms with E-state index in [0.717, 1.165) is 45.0 Å². The van der Waals surface area contributed by atoms with Crippen molar-refractivity contribution >= 4 is 17.4 Å². The summed E-state index contributed by atoms with van der Waals surface area (Å²) in [6.07, 6.45) is 2.02. The van der Waals surface area contributed by atoms with Crippen LogP contribution in [0, 0.1) is 6.92 Å². The summed E-state index contributed by atoms with van der Waals surface area (Å²) in [7, 11) is 1.57. The predicted molar refractivity (Wildman–Crippen MR) is 166 cm³/mol. The van der Waals surface area contributed by atoms with Crippen molar-refractivity contribution in [3.8, 4) is 22.8 Å². The van der Waals surface area contributed by atoms with E-state index in [-0.39, 0.29) is 5.97 Å². The number of hydrogen-bond donors (Lipinski definition) is 1. The number of pyridine rings is 1. The van der Waals surface area contributed by atoms with Crippen molar-refractivity contribution in [2.24, 2.45) is 0 Å². The number of carbonyl (C=O) groups excluding carboxylic acids is 1. The Bertz CT molecular complexity index is 1780. The normalized spacial score (nSPS) is 11.0. The zero-order valence-corrected chi connectivity index (χ0v) is 23.5. The number of hydrogen-bond acceptors (Lipinski definition) is 5. The second-order valence-corrected chi connectivity index (χ2v) is 10.1. The average Bonchev–Trinajstić information content (AvgIpc) is 3.39. The van der Waals surface area contributed by atoms with Gasteiger partial charge in [0.15, 0.2) is 11.5 Å². The van der Waals surface area contributed by atoms with Crippen molar-refractivity contribution in [2.75, 3.05) is 12.4 Å². The number of aryl methyl sites for hydroxylation is 1. The summed E-state index contributed by atoms with van der Waals surface area (Å²) in [5, 5.41) is 3.58. The first-order chi connectivity index (χ1) is 20.6. The molecule has 0 fully saturated rings. The first-order valence-corrected chi connectivity index (χ1v) is 13.9. The minimum absolute atomic E-state index is 0.349. The molecule has 2 heterocycles. The Balaban J connectivity index is 1.34. The second-order valence-electron chi connectivity index (χ2n) is 10.1. The van der Waals surface area contributed by atoms with Crippen LogP contribution < -0.4 is 14.8 Å². The highest BCUT2D eigenvalue weighted by Gasteiger charge is 2.26. The smallest absolute Gasteiger partial charge is 0.323 e. The number of nitrogens with one attached hydrogen (secondary N) is 1. The van der Waals surface area contributed by atoms with Gasteiger partial charge < -0.3 is 14.8 Å². The van der Waals surface area contributed by atoms with Gasteiger partial charge in [0.1, 0.15) is 23.1 Å². The molecular formula is C36H31N3O3. The van der Waals surface area contributed by atoms with Crippen LogP contribution in [-0.2, 0) is 11.3 Å². The number of aromatic nitrogens is 2. The summed E-state index contributed by atoms with van der Waals surface area (Å²) in [5.74, 6) is 0.706. The van der Waals surface area contributed by atoms with E-state index in [1.165, 1.54) is 0 Å². The lowest BCUT2D eigenvalue weighted by atomic mass is 9.91. The van der Waals surface area contributed by atoms with Crippen molar-refractivity contribution in [3.05, 3.63) is 150 Å². The molecular weight excluding hydrogens is 522 g/mol. The summed E-state index contributed by atoms with van der Waals surface area (Å²) >= 11 is 0. The molecule has 208 valence electrons. The van der Waals surface area contributed by atoms with Crippen LogP contribution in [0.1, 0.15) is 28.2 Å². The first kappa shape index (κ1) is 26.8. The van der Waals surface area contributed by atoms with E-state index in [4.69, 9.17) is 14.5 Å². The molecule has 6 aromatic rings. The van der Waals surface area contributed by atoms with Crippen molar-refractivity contribution in [2.45, 2.75) is 19.4 Å². The van der Waals surface area contributed by atoms with Crippen LogP contribution in [-0.4, -0.2) is 22.5 Å². The number of ether oxygens (including phenoxy) is 2. The molecule has 2 aromatic heterocycles. The molecule has 0 aliphatic rings. The SMILES string of the molecule is COc1cc(-c2nc3cc(C)ccn3c2NCc2ccccc2)ccc1OC(=O)C(c1ccccc1)c1ccccc1. The van der Waals surface area contributed by atoms with Crippen molar-refractivity contribution in [3.63, 3.8) is 0 Å². The van der Waals surface area contributed by atoms with Gasteiger partial charge in [0.05, 0.1) is 7.11 Å². The van der Waals surface area contributed by atoms with E-state index < -0.39 is 5.92 Å². The van der Waals surface area contributed by atoms with E-state index in [1.807, 2.05) is 97.2 Å². The maximum atomic E-state index is 13.7. The highest BCUT2D eigenvalue weighted by molar-refractivity contribution is 5.85. The van der Waals surface area contributed by atoms with E-state index in [0.29, 0.717) is 18.0 Å². The molecule has 0 aliphatic carbocycles. The minimum atomic E-state index is -0.577. The number of imidazole rings is 1. The minimum Gasteiger partial charge on any atom is -0.493 e. The fourth-order valence-electron chi connectivity index (χ4n) is 5.12. The van der Waals surface area contributed by atoms with Gasteiger partial charge in [-0.3, -0.25) is 9.20 Å². The molecule has 0 bridgehead atoms. The van der Waals surface area contributed by atoms with E-state index in [9.17, 15) is 4.79 Å². The molecule has 0 saturated carbocycles. The lowest BCUT2D eigenvalue weighted by molar-refractivity contribution is -0.135. The number of anilines is 1. The van der Waals surface area contributed by atoms with Crippen LogP contribution >= 0.6 is 0 Å². The third-order valence-electron chi connectivity index (χ3n) is 7.23. The summed E-state index contributed by atoms with van der Waals surface area (Å²) in [6, 6.07) is 39.2. The van der Waals surface area contributed by atoms with E-state index in [1.54, 1.807) is 13.2 Å². The molecule has 0 aliphatic heterocycles. The van der Waals surface area contributed by atoms with Gasteiger partial charge in [-0.2, -0.15) is 0 Å². The van der Waals surface area contributed by atoms with Crippen LogP contribution in [0.15, 0.2) is 128 Å². The molecule has 6 heteroatoms. The highest BCUT2D eigenvalue weighted by Crippen LogP contribution is 2.37. The Morgan fingerprint density at radius 3 is 2.10 bits per heavy atom. The monoisotopic (exact) mass is 553 g/mol. The van der Waals surface area contributed by atoms with Crippen molar-refractivity contribution < 1.29 is 14.3 Å². The first-order valence-electron chi connectivity index (χ1n) is 13.9. The van der Waals surface area contributed by atoms with Gasteiger partial charge in [-0.05, 0) is 59.5 Å². The van der Waals surface area contributed by atoms with Crippen LogP contribution in [0.25, 0.3) is 16.9 Å². The van der Waals surface area contributed by atoms with Crippen LogP contribution in [0.4, 0.5) is 5.82 Å². The number of rotatable bonds is 9. The molecule has 4 aromatic carbocycles. The summed E-state index contributed by atoms with van der Waals surface area (Å²) in [4.78, 5) is 18.6. The largest absolute Gasteiger partial charge is 0.493 e. The summed E-state index contributed by atoms with van der Waals surface area (Å²) in [5.41, 5.74) is 6.46. The fraction of sp³-hybridized carbons (Fsp3) is 0.111. The van der Waals surface area contributed by atoms with Gasteiger partial charge in [-0.25, -0.2) is 4.98 Å². The Kier molecular flexibility index (Phi) is 7.68. The molecule has 42 heavy (non-hydrogen) atoms. The highest BCUT2D eigenvalue weighted by atomic mass is 16.6. The number of nitrogens with zero attached hydrogens (tertiary/aromatic N) is 2. The Morgan fingerprint density at radius 1 is 0.810 bits per heavy atom. The Labute approximate surface area is 245 Å². The lowest BCUT2D eigenvalue weighted by Gasteiger charge is -2.18. The van der Waals surface area contributed by atoms with Crippen LogP contribution in [0.3, 0.4) is 0 Å². The maximum Gasteiger partial charge on any atom is 0.323 e. The number of esters is 1. The molecule has 0 unspecified atom stereocenters. The van der Waals surface area contributed by atoms with Crippen molar-refractivity contribution in [1.29, 1.82) is 0 Å². The lowest BCUT2D eigenvalue weighted by Crippen LogP contribution is -2.20. The summed E-state index contributed by atoms with van der Waals surface area (Å²) < 4.78 is 13.8. The molecule has 1 N–H and O–H groups in total. The fourth-order valence-corrected chi connectivity index (χ4v) is 5.12. The molecule has 0 spiro atoms. The van der Waals surface area contributed by atoms with Gasteiger partial charge in [0.25, 0.3) is 0 Å². The zero-order chi connectivity index (χ0) is 28.9. The van der Waals surface area contributed by atoms with Gasteiger partial charge in [-0.1, -0.05) is 91.0 Å². The molecule has 0 atom stereocenters. The molecule has 0 amide bonds. The van der Waals surface area contributed by atoms with E-state index >= 15 is 0 Å².